The molecule has 0 radical (unpaired) electrons. The van der Waals surface area contributed by atoms with Gasteiger partial charge in [0.1, 0.15) is 11.6 Å². The molecule has 0 spiro atoms. The first-order valence-corrected chi connectivity index (χ1v) is 9.00. The van der Waals surface area contributed by atoms with Gasteiger partial charge in [-0.2, -0.15) is 0 Å². The van der Waals surface area contributed by atoms with Crippen LogP contribution in [0.5, 0.6) is 0 Å². The van der Waals surface area contributed by atoms with E-state index in [4.69, 9.17) is 0 Å². The Morgan fingerprint density at radius 3 is 2.63 bits per heavy atom. The number of nitrogens with zero attached hydrogens (tertiary/aromatic N) is 3. The molecule has 2 heterocycles. The quantitative estimate of drug-likeness (QED) is 0.764. The van der Waals surface area contributed by atoms with Crippen LogP contribution >= 0.6 is 0 Å². The number of rotatable bonds is 4. The molecule has 4 rings (SSSR count). The maximum absolute atomic E-state index is 13.2. The summed E-state index contributed by atoms with van der Waals surface area (Å²) in [6, 6.07) is 13.7. The maximum Gasteiger partial charge on any atom is 0.311 e. The summed E-state index contributed by atoms with van der Waals surface area (Å²) in [5.74, 6) is -0.455. The van der Waals surface area contributed by atoms with Crippen molar-refractivity contribution in [2.45, 2.75) is 19.3 Å². The predicted molar refractivity (Wildman–Crippen MR) is 101 cm³/mol. The Hall–Kier alpha value is -3.02. The molecule has 0 saturated carbocycles. The van der Waals surface area contributed by atoms with Gasteiger partial charge in [-0.3, -0.25) is 9.78 Å². The van der Waals surface area contributed by atoms with Crippen molar-refractivity contribution in [1.82, 2.24) is 9.97 Å². The highest BCUT2D eigenvalue weighted by Gasteiger charge is 2.43. The summed E-state index contributed by atoms with van der Waals surface area (Å²) >= 11 is 0. The first-order chi connectivity index (χ1) is 13.1. The summed E-state index contributed by atoms with van der Waals surface area (Å²) < 4.78 is 13.2. The smallest absolute Gasteiger partial charge is 0.311 e. The summed E-state index contributed by atoms with van der Waals surface area (Å²) in [6.07, 6.45) is 3.40. The summed E-state index contributed by atoms with van der Waals surface area (Å²) in [7, 11) is 0. The molecule has 3 aromatic rings. The Bertz CT molecular complexity index is 977. The molecule has 1 fully saturated rings. The molecule has 6 heteroatoms. The van der Waals surface area contributed by atoms with Crippen LogP contribution in [0.4, 0.5) is 10.2 Å². The number of aromatic nitrogens is 2. The minimum atomic E-state index is -0.927. The second-order valence-electron chi connectivity index (χ2n) is 7.13. The fourth-order valence-corrected chi connectivity index (χ4v) is 3.81. The largest absolute Gasteiger partial charge is 0.481 e. The minimum absolute atomic E-state index is 0.320. The molecular formula is C21H20FN3O2. The SMILES string of the molecule is O=C(O)C1(Cc2ccc(F)cc2)CCCN(c2cnc3ccccc3n2)C1. The van der Waals surface area contributed by atoms with Gasteiger partial charge in [-0.05, 0) is 49.1 Å². The van der Waals surface area contributed by atoms with Gasteiger partial charge in [0.2, 0.25) is 0 Å². The lowest BCUT2D eigenvalue weighted by Crippen LogP contribution is -2.49. The van der Waals surface area contributed by atoms with Crippen LogP contribution in [0, 0.1) is 11.2 Å². The second-order valence-corrected chi connectivity index (χ2v) is 7.13. The van der Waals surface area contributed by atoms with Gasteiger partial charge in [0.15, 0.2) is 0 Å². The predicted octanol–water partition coefficient (Wildman–Crippen LogP) is 3.68. The summed E-state index contributed by atoms with van der Waals surface area (Å²) in [4.78, 5) is 23.3. The van der Waals surface area contributed by atoms with Crippen molar-refractivity contribution in [3.05, 3.63) is 66.1 Å². The van der Waals surface area contributed by atoms with Crippen molar-refractivity contribution in [1.29, 1.82) is 0 Å². The van der Waals surface area contributed by atoms with Crippen LogP contribution in [0.3, 0.4) is 0 Å². The van der Waals surface area contributed by atoms with E-state index in [1.165, 1.54) is 12.1 Å². The van der Waals surface area contributed by atoms with Crippen LogP contribution in [0.1, 0.15) is 18.4 Å². The number of fused-ring (bicyclic) bond motifs is 1. The van der Waals surface area contributed by atoms with Crippen LogP contribution in [0.25, 0.3) is 11.0 Å². The van der Waals surface area contributed by atoms with Crippen molar-refractivity contribution in [2.24, 2.45) is 5.41 Å². The van der Waals surface area contributed by atoms with E-state index < -0.39 is 11.4 Å². The molecule has 2 aromatic carbocycles. The van der Waals surface area contributed by atoms with Gasteiger partial charge in [0.25, 0.3) is 0 Å². The lowest BCUT2D eigenvalue weighted by molar-refractivity contribution is -0.149. The number of hydrogen-bond acceptors (Lipinski definition) is 4. The van der Waals surface area contributed by atoms with Crippen molar-refractivity contribution in [3.8, 4) is 0 Å². The molecular weight excluding hydrogens is 345 g/mol. The summed E-state index contributed by atoms with van der Waals surface area (Å²) in [5, 5.41) is 10.0. The molecule has 1 unspecified atom stereocenters. The highest BCUT2D eigenvalue weighted by atomic mass is 19.1. The van der Waals surface area contributed by atoms with Crippen LogP contribution in [0.2, 0.25) is 0 Å². The summed E-state index contributed by atoms with van der Waals surface area (Å²) in [6.45, 7) is 1.10. The van der Waals surface area contributed by atoms with E-state index in [0.29, 0.717) is 25.2 Å². The van der Waals surface area contributed by atoms with Gasteiger partial charge in [0.05, 0.1) is 22.6 Å². The molecule has 0 bridgehead atoms. The van der Waals surface area contributed by atoms with E-state index >= 15 is 0 Å². The second kappa shape index (κ2) is 6.95. The fourth-order valence-electron chi connectivity index (χ4n) is 3.81. The number of benzene rings is 2. The van der Waals surface area contributed by atoms with E-state index in [-0.39, 0.29) is 5.82 Å². The number of halogens is 1. The van der Waals surface area contributed by atoms with Crippen LogP contribution in [0.15, 0.2) is 54.7 Å². The molecule has 1 saturated heterocycles. The zero-order valence-electron chi connectivity index (χ0n) is 14.8. The van der Waals surface area contributed by atoms with Crippen molar-refractivity contribution < 1.29 is 14.3 Å². The number of hydrogen-bond donors (Lipinski definition) is 1. The number of carboxylic acid groups (broad SMARTS) is 1. The molecule has 138 valence electrons. The highest BCUT2D eigenvalue weighted by molar-refractivity contribution is 5.77. The monoisotopic (exact) mass is 365 g/mol. The van der Waals surface area contributed by atoms with Crippen LogP contribution in [-0.4, -0.2) is 34.1 Å². The Balaban J connectivity index is 1.63. The van der Waals surface area contributed by atoms with Crippen molar-refractivity contribution in [2.75, 3.05) is 18.0 Å². The van der Waals surface area contributed by atoms with Gasteiger partial charge in [-0.25, -0.2) is 9.37 Å². The van der Waals surface area contributed by atoms with E-state index in [1.54, 1.807) is 18.3 Å². The van der Waals surface area contributed by atoms with Crippen molar-refractivity contribution in [3.63, 3.8) is 0 Å². The molecule has 0 amide bonds. The topological polar surface area (TPSA) is 66.3 Å². The third-order valence-corrected chi connectivity index (χ3v) is 5.25. The van der Waals surface area contributed by atoms with Gasteiger partial charge in [-0.15, -0.1) is 0 Å². The van der Waals surface area contributed by atoms with Gasteiger partial charge in [-0.1, -0.05) is 24.3 Å². The standard InChI is InChI=1S/C21H20FN3O2/c22-16-8-6-15(7-9-16)12-21(20(26)27)10-3-11-25(14-21)19-13-23-17-4-1-2-5-18(17)24-19/h1-2,4-9,13H,3,10-12,14H2,(H,26,27). The van der Waals surface area contributed by atoms with Gasteiger partial charge >= 0.3 is 5.97 Å². The average Bonchev–Trinajstić information content (AvgIpc) is 2.69. The van der Waals surface area contributed by atoms with Gasteiger partial charge in [0, 0.05) is 13.1 Å². The average molecular weight is 365 g/mol. The molecule has 27 heavy (non-hydrogen) atoms. The van der Waals surface area contributed by atoms with E-state index in [1.807, 2.05) is 29.2 Å². The summed E-state index contributed by atoms with van der Waals surface area (Å²) in [5.41, 5.74) is 1.50. The maximum atomic E-state index is 13.2. The molecule has 1 aromatic heterocycles. The third kappa shape index (κ3) is 3.47. The molecule has 1 atom stereocenters. The first-order valence-electron chi connectivity index (χ1n) is 9.00. The zero-order valence-corrected chi connectivity index (χ0v) is 14.8. The van der Waals surface area contributed by atoms with E-state index in [2.05, 4.69) is 9.97 Å². The highest BCUT2D eigenvalue weighted by Crippen LogP contribution is 2.36. The number of anilines is 1. The Kier molecular flexibility index (Phi) is 4.48. The fraction of sp³-hybridized carbons (Fsp3) is 0.286. The Labute approximate surface area is 156 Å². The molecule has 0 aliphatic carbocycles. The Morgan fingerprint density at radius 1 is 1.15 bits per heavy atom. The first kappa shape index (κ1) is 17.4. The molecule has 1 N–H and O–H groups in total. The lowest BCUT2D eigenvalue weighted by atomic mass is 9.75. The number of aliphatic carboxylic acids is 1. The van der Waals surface area contributed by atoms with Crippen LogP contribution in [-0.2, 0) is 11.2 Å². The number of carboxylic acids is 1. The van der Waals surface area contributed by atoms with Crippen LogP contribution < -0.4 is 4.90 Å². The molecule has 1 aliphatic rings. The Morgan fingerprint density at radius 2 is 1.89 bits per heavy atom. The zero-order chi connectivity index (χ0) is 18.9. The minimum Gasteiger partial charge on any atom is -0.481 e. The van der Waals surface area contributed by atoms with E-state index in [0.717, 1.165) is 29.6 Å². The van der Waals surface area contributed by atoms with Gasteiger partial charge < -0.3 is 10.0 Å². The third-order valence-electron chi connectivity index (χ3n) is 5.25. The van der Waals surface area contributed by atoms with E-state index in [9.17, 15) is 14.3 Å². The number of carbonyl (C=O) groups is 1. The van der Waals surface area contributed by atoms with Crippen molar-refractivity contribution >= 4 is 22.8 Å². The lowest BCUT2D eigenvalue weighted by Gasteiger charge is -2.40. The number of para-hydroxylation sites is 2. The normalized spacial score (nSPS) is 20.0. The number of piperidine rings is 1. The molecule has 1 aliphatic heterocycles. The molecule has 5 nitrogen and oxygen atoms in total.